The zero-order valence-electron chi connectivity index (χ0n) is 14.5. The highest BCUT2D eigenvalue weighted by Crippen LogP contribution is 2.39. The van der Waals surface area contributed by atoms with Crippen LogP contribution >= 0.6 is 23.2 Å². The minimum absolute atomic E-state index is 0.0985. The van der Waals surface area contributed by atoms with Crippen molar-refractivity contribution in [2.24, 2.45) is 0 Å². The SMILES string of the molecule is CNCC(O)COc1ccc2c(c1)C(=O)CCC2c1ccc(Cl)c(Cl)c1. The predicted octanol–water partition coefficient (Wildman–Crippen LogP) is 4.06. The van der Waals surface area contributed by atoms with Gasteiger partial charge < -0.3 is 15.2 Å². The van der Waals surface area contributed by atoms with Crippen molar-refractivity contribution in [3.05, 3.63) is 63.1 Å². The molecular weight excluding hydrogens is 373 g/mol. The first-order valence-corrected chi connectivity index (χ1v) is 9.32. The molecule has 4 nitrogen and oxygen atoms in total. The molecule has 138 valence electrons. The Bertz CT molecular complexity index is 810. The number of rotatable bonds is 6. The lowest BCUT2D eigenvalue weighted by molar-refractivity contribution is 0.0967. The number of halogens is 2. The molecule has 0 saturated carbocycles. The fourth-order valence-electron chi connectivity index (χ4n) is 3.30. The number of carbonyl (C=O) groups is 1. The molecule has 0 heterocycles. The summed E-state index contributed by atoms with van der Waals surface area (Å²) in [7, 11) is 1.77. The van der Waals surface area contributed by atoms with Crippen LogP contribution in [0.4, 0.5) is 0 Å². The summed E-state index contributed by atoms with van der Waals surface area (Å²) in [4.78, 5) is 12.4. The second kappa shape index (κ2) is 8.40. The molecule has 0 bridgehead atoms. The zero-order chi connectivity index (χ0) is 18.7. The third-order valence-corrected chi connectivity index (χ3v) is 5.33. The zero-order valence-corrected chi connectivity index (χ0v) is 16.0. The third kappa shape index (κ3) is 4.21. The van der Waals surface area contributed by atoms with E-state index in [9.17, 15) is 9.90 Å². The van der Waals surface area contributed by atoms with E-state index in [1.54, 1.807) is 19.2 Å². The number of hydrogen-bond donors (Lipinski definition) is 2. The van der Waals surface area contributed by atoms with Crippen LogP contribution in [-0.4, -0.2) is 37.2 Å². The second-order valence-corrected chi connectivity index (χ2v) is 7.27. The van der Waals surface area contributed by atoms with Gasteiger partial charge in [0.2, 0.25) is 0 Å². The lowest BCUT2D eigenvalue weighted by Gasteiger charge is -2.26. The van der Waals surface area contributed by atoms with Crippen LogP contribution in [0.3, 0.4) is 0 Å². The number of fused-ring (bicyclic) bond motifs is 1. The third-order valence-electron chi connectivity index (χ3n) is 4.59. The average Bonchev–Trinajstić information content (AvgIpc) is 2.63. The molecule has 0 amide bonds. The van der Waals surface area contributed by atoms with E-state index in [1.165, 1.54) is 0 Å². The number of likely N-dealkylation sites (N-methyl/N-ethyl adjacent to an activating group) is 1. The summed E-state index contributed by atoms with van der Waals surface area (Å²) in [5, 5.41) is 13.7. The van der Waals surface area contributed by atoms with Crippen molar-refractivity contribution in [1.82, 2.24) is 5.32 Å². The van der Waals surface area contributed by atoms with Gasteiger partial charge in [-0.2, -0.15) is 0 Å². The number of carbonyl (C=O) groups excluding carboxylic acids is 1. The van der Waals surface area contributed by atoms with Crippen LogP contribution in [0.1, 0.15) is 40.2 Å². The van der Waals surface area contributed by atoms with Crippen LogP contribution in [-0.2, 0) is 0 Å². The van der Waals surface area contributed by atoms with E-state index in [4.69, 9.17) is 27.9 Å². The van der Waals surface area contributed by atoms with Crippen LogP contribution in [0.5, 0.6) is 5.75 Å². The molecule has 0 radical (unpaired) electrons. The van der Waals surface area contributed by atoms with Gasteiger partial charge in [-0.3, -0.25) is 4.79 Å². The molecule has 2 atom stereocenters. The van der Waals surface area contributed by atoms with Gasteiger partial charge in [0.15, 0.2) is 5.78 Å². The Labute approximate surface area is 163 Å². The molecule has 3 rings (SSSR count). The maximum Gasteiger partial charge on any atom is 0.163 e. The molecule has 0 fully saturated rings. The topological polar surface area (TPSA) is 58.6 Å². The first-order chi connectivity index (χ1) is 12.5. The van der Waals surface area contributed by atoms with E-state index in [1.807, 2.05) is 24.3 Å². The van der Waals surface area contributed by atoms with Gasteiger partial charge in [0.05, 0.1) is 10.0 Å². The van der Waals surface area contributed by atoms with Crippen molar-refractivity contribution in [3.8, 4) is 5.75 Å². The molecule has 26 heavy (non-hydrogen) atoms. The predicted molar refractivity (Wildman–Crippen MR) is 104 cm³/mol. The highest BCUT2D eigenvalue weighted by molar-refractivity contribution is 6.42. The van der Waals surface area contributed by atoms with Crippen LogP contribution in [0.2, 0.25) is 10.0 Å². The Balaban J connectivity index is 1.85. The van der Waals surface area contributed by atoms with Crippen molar-refractivity contribution < 1.29 is 14.6 Å². The standard InChI is InChI=1S/C20H21Cl2NO3/c1-23-10-13(24)11-26-14-3-4-16-15(5-7-20(25)17(16)9-14)12-2-6-18(21)19(22)8-12/h2-4,6,8-9,13,15,23-24H,5,7,10-11H2,1H3. The molecule has 0 aliphatic heterocycles. The number of ketones is 1. The van der Waals surface area contributed by atoms with Crippen molar-refractivity contribution in [1.29, 1.82) is 0 Å². The lowest BCUT2D eigenvalue weighted by atomic mass is 9.78. The van der Waals surface area contributed by atoms with Crippen LogP contribution < -0.4 is 10.1 Å². The fraction of sp³-hybridized carbons (Fsp3) is 0.350. The maximum atomic E-state index is 12.4. The minimum Gasteiger partial charge on any atom is -0.491 e. The summed E-state index contributed by atoms with van der Waals surface area (Å²) >= 11 is 12.2. The molecule has 1 aliphatic carbocycles. The first-order valence-electron chi connectivity index (χ1n) is 8.57. The maximum absolute atomic E-state index is 12.4. The number of ether oxygens (including phenoxy) is 1. The summed E-state index contributed by atoms with van der Waals surface area (Å²) in [5.74, 6) is 0.793. The molecule has 2 aromatic rings. The Hall–Kier alpha value is -1.59. The van der Waals surface area contributed by atoms with Crippen LogP contribution in [0.15, 0.2) is 36.4 Å². The van der Waals surface area contributed by atoms with Gasteiger partial charge >= 0.3 is 0 Å². The highest BCUT2D eigenvalue weighted by atomic mass is 35.5. The summed E-state index contributed by atoms with van der Waals surface area (Å²) in [6, 6.07) is 11.2. The Morgan fingerprint density at radius 2 is 2.04 bits per heavy atom. The quantitative estimate of drug-likeness (QED) is 0.776. The van der Waals surface area contributed by atoms with Gasteiger partial charge in [0.25, 0.3) is 0 Å². The molecule has 0 spiro atoms. The normalized spacial score (nSPS) is 17.7. The summed E-state index contributed by atoms with van der Waals surface area (Å²) in [6.07, 6.45) is 0.616. The van der Waals surface area contributed by atoms with E-state index in [0.29, 0.717) is 34.3 Å². The second-order valence-electron chi connectivity index (χ2n) is 6.46. The summed E-state index contributed by atoms with van der Waals surface area (Å²) < 4.78 is 5.63. The summed E-state index contributed by atoms with van der Waals surface area (Å²) in [5.41, 5.74) is 2.70. The Morgan fingerprint density at radius 3 is 2.77 bits per heavy atom. The molecule has 0 saturated heterocycles. The van der Waals surface area contributed by atoms with Crippen molar-refractivity contribution in [2.45, 2.75) is 24.9 Å². The van der Waals surface area contributed by atoms with E-state index in [2.05, 4.69) is 5.32 Å². The fourth-order valence-corrected chi connectivity index (χ4v) is 3.60. The molecule has 2 aromatic carbocycles. The van der Waals surface area contributed by atoms with Gasteiger partial charge in [-0.1, -0.05) is 35.3 Å². The minimum atomic E-state index is -0.601. The Kier molecular flexibility index (Phi) is 6.20. The van der Waals surface area contributed by atoms with Gasteiger partial charge in [-0.05, 0) is 48.9 Å². The Morgan fingerprint density at radius 1 is 1.23 bits per heavy atom. The van der Waals surface area contributed by atoms with E-state index >= 15 is 0 Å². The van der Waals surface area contributed by atoms with E-state index in [-0.39, 0.29) is 18.3 Å². The molecule has 2 N–H and O–H groups in total. The highest BCUT2D eigenvalue weighted by Gasteiger charge is 2.27. The van der Waals surface area contributed by atoms with Gasteiger partial charge in [0.1, 0.15) is 18.5 Å². The average molecular weight is 394 g/mol. The number of nitrogens with one attached hydrogen (secondary N) is 1. The number of benzene rings is 2. The molecule has 1 aliphatic rings. The molecule has 6 heteroatoms. The summed E-state index contributed by atoms with van der Waals surface area (Å²) in [6.45, 7) is 0.618. The van der Waals surface area contributed by atoms with Gasteiger partial charge in [0, 0.05) is 24.4 Å². The number of hydrogen-bond acceptors (Lipinski definition) is 4. The molecule has 2 unspecified atom stereocenters. The lowest BCUT2D eigenvalue weighted by Crippen LogP contribution is -2.29. The van der Waals surface area contributed by atoms with E-state index < -0.39 is 6.10 Å². The first kappa shape index (κ1) is 19.2. The van der Waals surface area contributed by atoms with Gasteiger partial charge in [-0.25, -0.2) is 0 Å². The number of aliphatic hydroxyl groups excluding tert-OH is 1. The van der Waals surface area contributed by atoms with Crippen LogP contribution in [0.25, 0.3) is 0 Å². The van der Waals surface area contributed by atoms with Crippen molar-refractivity contribution in [3.63, 3.8) is 0 Å². The van der Waals surface area contributed by atoms with Crippen molar-refractivity contribution >= 4 is 29.0 Å². The number of Topliss-reactive ketones (excluding diaryl/α,β-unsaturated/α-hetero) is 1. The van der Waals surface area contributed by atoms with Crippen LogP contribution in [0, 0.1) is 0 Å². The molecular formula is C20H21Cl2NO3. The number of aliphatic hydroxyl groups is 1. The largest absolute Gasteiger partial charge is 0.491 e. The van der Waals surface area contributed by atoms with E-state index in [0.717, 1.165) is 17.5 Å². The smallest absolute Gasteiger partial charge is 0.163 e. The van der Waals surface area contributed by atoms with Gasteiger partial charge in [-0.15, -0.1) is 0 Å². The molecule has 0 aromatic heterocycles. The monoisotopic (exact) mass is 393 g/mol. The van der Waals surface area contributed by atoms with Crippen molar-refractivity contribution in [2.75, 3.05) is 20.2 Å².